The van der Waals surface area contributed by atoms with Gasteiger partial charge in [0.2, 0.25) is 25.9 Å². The summed E-state index contributed by atoms with van der Waals surface area (Å²) < 4.78 is 52.9. The number of hydrogen-bond donors (Lipinski definition) is 6. The van der Waals surface area contributed by atoms with Crippen LogP contribution in [0.1, 0.15) is 6.42 Å². The van der Waals surface area contributed by atoms with E-state index in [4.69, 9.17) is 16.6 Å². The summed E-state index contributed by atoms with van der Waals surface area (Å²) in [6.07, 6.45) is -0.491. The minimum atomic E-state index is -4.57. The van der Waals surface area contributed by atoms with Crippen LogP contribution in [0.25, 0.3) is 11.4 Å². The number of aromatic nitrogens is 4. The summed E-state index contributed by atoms with van der Waals surface area (Å²) in [6, 6.07) is 2.43. The van der Waals surface area contributed by atoms with Gasteiger partial charge in [-0.3, -0.25) is 0 Å². The number of aromatic amines is 1. The number of tetrazole rings is 1. The number of aliphatic hydroxyl groups is 1. The Morgan fingerprint density at radius 3 is 2.60 bits per heavy atom. The van der Waals surface area contributed by atoms with Crippen molar-refractivity contribution in [3.05, 3.63) is 12.1 Å². The van der Waals surface area contributed by atoms with E-state index in [0.717, 1.165) is 6.07 Å². The lowest BCUT2D eigenvalue weighted by Crippen LogP contribution is -2.37. The van der Waals surface area contributed by atoms with Crippen LogP contribution < -0.4 is 26.2 Å². The highest BCUT2D eigenvalue weighted by atomic mass is 32.2. The first-order valence-corrected chi connectivity index (χ1v) is 11.9. The van der Waals surface area contributed by atoms with Crippen molar-refractivity contribution in [2.24, 2.45) is 16.6 Å². The molecule has 0 radical (unpaired) electrons. The Labute approximate surface area is 172 Å². The minimum absolute atomic E-state index is 0.109. The zero-order valence-corrected chi connectivity index (χ0v) is 17.4. The third-order valence-corrected chi connectivity index (χ3v) is 7.18. The van der Waals surface area contributed by atoms with Crippen molar-refractivity contribution in [1.82, 2.24) is 25.3 Å². The van der Waals surface area contributed by atoms with Gasteiger partial charge in [0.1, 0.15) is 9.79 Å². The van der Waals surface area contributed by atoms with Crippen LogP contribution in [0.2, 0.25) is 0 Å². The number of nitrogens with one attached hydrogen (secondary N) is 2. The van der Waals surface area contributed by atoms with Gasteiger partial charge in [-0.1, -0.05) is 0 Å². The Balaban J connectivity index is 2.24. The van der Waals surface area contributed by atoms with Gasteiger partial charge in [0.25, 0.3) is 0 Å². The number of rotatable bonds is 8. The molecular weight excluding hydrogens is 438 g/mol. The first-order valence-electron chi connectivity index (χ1n) is 8.86. The molecule has 0 spiro atoms. The Bertz CT molecular complexity index is 1110. The van der Waals surface area contributed by atoms with Gasteiger partial charge >= 0.3 is 0 Å². The maximum atomic E-state index is 12.8. The lowest BCUT2D eigenvalue weighted by Gasteiger charge is -2.23. The molecule has 2 atom stereocenters. The van der Waals surface area contributed by atoms with Gasteiger partial charge in [-0.15, -0.1) is 10.2 Å². The maximum Gasteiger partial charge on any atom is 0.242 e. The number of sulfonamides is 2. The summed E-state index contributed by atoms with van der Waals surface area (Å²) in [7, 11) is -8.97. The van der Waals surface area contributed by atoms with Crippen LogP contribution in [-0.2, 0) is 20.0 Å². The number of primary sulfonamides is 1. The average Bonchev–Trinajstić information content (AvgIpc) is 3.36. The Kier molecular flexibility index (Phi) is 6.37. The molecule has 0 amide bonds. The van der Waals surface area contributed by atoms with Crippen molar-refractivity contribution in [1.29, 1.82) is 0 Å². The Morgan fingerprint density at radius 2 is 2.07 bits per heavy atom. The first-order chi connectivity index (χ1) is 14.0. The highest BCUT2D eigenvalue weighted by Crippen LogP contribution is 2.39. The van der Waals surface area contributed by atoms with E-state index in [1.54, 1.807) is 4.90 Å². The Morgan fingerprint density at radius 1 is 1.33 bits per heavy atom. The summed E-state index contributed by atoms with van der Waals surface area (Å²) >= 11 is 0. The largest absolute Gasteiger partial charge is 0.390 e. The molecule has 166 valence electrons. The monoisotopic (exact) mass is 461 g/mol. The standard InChI is InChI=1S/C14H23N9O5S2/c15-5-9(24)6-18-30(27,28)11-2-1-10(23-4-3-8(16)7-23)12(13(11)29(17,25)26)14-19-21-22-20-14/h1-2,8-9,18,24H,3-7,15-16H2,(H2,17,25,26)(H,19,20,21,22)/t8-,9+/m0/s1. The maximum absolute atomic E-state index is 12.8. The van der Waals surface area contributed by atoms with Gasteiger partial charge in [-0.2, -0.15) is 5.21 Å². The molecule has 1 fully saturated rings. The molecule has 1 aromatic carbocycles. The molecule has 0 unspecified atom stereocenters. The van der Waals surface area contributed by atoms with Crippen LogP contribution in [0.4, 0.5) is 5.69 Å². The van der Waals surface area contributed by atoms with Crippen LogP contribution in [0.5, 0.6) is 0 Å². The second-order valence-corrected chi connectivity index (χ2v) is 10.0. The topological polar surface area (TPSA) is 236 Å². The van der Waals surface area contributed by atoms with E-state index in [0.29, 0.717) is 25.2 Å². The fourth-order valence-corrected chi connectivity index (χ4v) is 5.83. The van der Waals surface area contributed by atoms with Gasteiger partial charge < -0.3 is 21.5 Å². The van der Waals surface area contributed by atoms with E-state index >= 15 is 0 Å². The number of nitrogens with zero attached hydrogens (tertiary/aromatic N) is 4. The van der Waals surface area contributed by atoms with Crippen LogP contribution in [-0.4, -0.2) is 80.9 Å². The third kappa shape index (κ3) is 4.59. The number of H-pyrrole nitrogens is 1. The lowest BCUT2D eigenvalue weighted by atomic mass is 10.1. The minimum Gasteiger partial charge on any atom is -0.390 e. The van der Waals surface area contributed by atoms with Crippen molar-refractivity contribution in [3.63, 3.8) is 0 Å². The molecular formula is C14H23N9O5S2. The number of benzene rings is 1. The first kappa shape index (κ1) is 22.5. The molecule has 0 bridgehead atoms. The second kappa shape index (κ2) is 8.50. The van der Waals surface area contributed by atoms with Crippen molar-refractivity contribution < 1.29 is 21.9 Å². The number of nitrogens with two attached hydrogens (primary N) is 3. The third-order valence-electron chi connectivity index (χ3n) is 4.59. The summed E-state index contributed by atoms with van der Waals surface area (Å²) in [4.78, 5) is 0.505. The van der Waals surface area contributed by atoms with Gasteiger partial charge in [0.15, 0.2) is 0 Å². The molecule has 0 aliphatic carbocycles. The molecule has 1 saturated heterocycles. The predicted molar refractivity (Wildman–Crippen MR) is 106 cm³/mol. The van der Waals surface area contributed by atoms with E-state index in [2.05, 4.69) is 25.3 Å². The lowest BCUT2D eigenvalue weighted by molar-refractivity contribution is 0.186. The fourth-order valence-electron chi connectivity index (χ4n) is 3.17. The van der Waals surface area contributed by atoms with E-state index in [-0.39, 0.29) is 24.0 Å². The number of anilines is 1. The molecule has 2 heterocycles. The molecule has 1 aromatic heterocycles. The molecule has 2 aromatic rings. The molecule has 0 saturated carbocycles. The summed E-state index contributed by atoms with van der Waals surface area (Å²) in [5.41, 5.74) is 11.5. The summed E-state index contributed by atoms with van der Waals surface area (Å²) in [5, 5.41) is 28.3. The van der Waals surface area contributed by atoms with Crippen molar-refractivity contribution >= 4 is 25.7 Å². The van der Waals surface area contributed by atoms with Crippen LogP contribution in [0.3, 0.4) is 0 Å². The Hall–Kier alpha value is -2.21. The predicted octanol–water partition coefficient (Wildman–Crippen LogP) is -3.35. The average molecular weight is 462 g/mol. The molecule has 16 heteroatoms. The van der Waals surface area contributed by atoms with Crippen molar-refractivity contribution in [2.45, 2.75) is 28.4 Å². The molecule has 3 rings (SSSR count). The summed E-state index contributed by atoms with van der Waals surface area (Å²) in [6.45, 7) is 0.334. The van der Waals surface area contributed by atoms with Crippen LogP contribution >= 0.6 is 0 Å². The van der Waals surface area contributed by atoms with Crippen molar-refractivity contribution in [3.8, 4) is 11.4 Å². The van der Waals surface area contributed by atoms with E-state index < -0.39 is 42.5 Å². The second-order valence-electron chi connectivity index (χ2n) is 6.80. The highest BCUT2D eigenvalue weighted by Gasteiger charge is 2.34. The van der Waals surface area contributed by atoms with Crippen LogP contribution in [0, 0.1) is 0 Å². The van der Waals surface area contributed by atoms with E-state index in [1.165, 1.54) is 6.07 Å². The molecule has 14 nitrogen and oxygen atoms in total. The van der Waals surface area contributed by atoms with Gasteiger partial charge in [0.05, 0.1) is 11.7 Å². The molecule has 1 aliphatic rings. The smallest absolute Gasteiger partial charge is 0.242 e. The normalized spacial score (nSPS) is 18.7. The number of hydrogen-bond acceptors (Lipinski definition) is 11. The van der Waals surface area contributed by atoms with Crippen molar-refractivity contribution in [2.75, 3.05) is 31.1 Å². The fraction of sp³-hybridized carbons (Fsp3) is 0.500. The van der Waals surface area contributed by atoms with E-state index in [1.807, 2.05) is 0 Å². The van der Waals surface area contributed by atoms with Gasteiger partial charge in [-0.25, -0.2) is 26.7 Å². The van der Waals surface area contributed by atoms with Gasteiger partial charge in [-0.05, 0) is 23.8 Å². The molecule has 9 N–H and O–H groups in total. The number of aliphatic hydroxyl groups excluding tert-OH is 1. The molecule has 1 aliphatic heterocycles. The van der Waals surface area contributed by atoms with Gasteiger partial charge in [0, 0.05) is 37.9 Å². The highest BCUT2D eigenvalue weighted by molar-refractivity contribution is 7.92. The van der Waals surface area contributed by atoms with E-state index in [9.17, 15) is 21.9 Å². The summed E-state index contributed by atoms with van der Waals surface area (Å²) in [5.74, 6) is -0.145. The van der Waals surface area contributed by atoms with Crippen LogP contribution in [0.15, 0.2) is 21.9 Å². The molecule has 30 heavy (non-hydrogen) atoms. The quantitative estimate of drug-likeness (QED) is 0.227. The zero-order valence-electron chi connectivity index (χ0n) is 15.8. The SMILES string of the molecule is NC[C@@H](O)CNS(=O)(=O)c1ccc(N2CC[C@H](N)C2)c(-c2nn[nH]n2)c1S(N)(=O)=O. The zero-order chi connectivity index (χ0) is 22.1.